The van der Waals surface area contributed by atoms with Gasteiger partial charge in [0.15, 0.2) is 0 Å². The van der Waals surface area contributed by atoms with Crippen molar-refractivity contribution in [3.63, 3.8) is 0 Å². The van der Waals surface area contributed by atoms with E-state index < -0.39 is 11.5 Å². The lowest BCUT2D eigenvalue weighted by Gasteiger charge is -2.31. The van der Waals surface area contributed by atoms with Crippen LogP contribution < -0.4 is 10.1 Å². The van der Waals surface area contributed by atoms with Crippen molar-refractivity contribution in [3.05, 3.63) is 29.8 Å². The van der Waals surface area contributed by atoms with Gasteiger partial charge in [0.1, 0.15) is 5.75 Å². The summed E-state index contributed by atoms with van der Waals surface area (Å²) in [5.41, 5.74) is -0.215. The lowest BCUT2D eigenvalue weighted by atomic mass is 9.82. The summed E-state index contributed by atoms with van der Waals surface area (Å²) in [6, 6.07) is 7.19. The molecule has 1 aromatic rings. The van der Waals surface area contributed by atoms with Crippen LogP contribution in [-0.2, 0) is 15.1 Å². The van der Waals surface area contributed by atoms with Crippen molar-refractivity contribution >= 4 is 11.9 Å². The number of aliphatic carboxylic acids is 1. The van der Waals surface area contributed by atoms with Gasteiger partial charge in [-0.1, -0.05) is 31.4 Å². The topological polar surface area (TPSA) is 75.6 Å². The van der Waals surface area contributed by atoms with Crippen LogP contribution in [0.15, 0.2) is 24.3 Å². The summed E-state index contributed by atoms with van der Waals surface area (Å²) >= 11 is 0. The quantitative estimate of drug-likeness (QED) is 0.772. The van der Waals surface area contributed by atoms with E-state index in [0.29, 0.717) is 18.1 Å². The summed E-state index contributed by atoms with van der Waals surface area (Å²) in [5, 5.41) is 12.2. The zero-order valence-electron chi connectivity index (χ0n) is 13.8. The minimum atomic E-state index is -0.949. The van der Waals surface area contributed by atoms with Crippen molar-refractivity contribution in [2.45, 2.75) is 51.0 Å². The van der Waals surface area contributed by atoms with E-state index >= 15 is 0 Å². The predicted octanol–water partition coefficient (Wildman–Crippen LogP) is 3.08. The minimum absolute atomic E-state index is 0.0940. The highest BCUT2D eigenvalue weighted by Gasteiger charge is 2.32. The Labute approximate surface area is 137 Å². The molecule has 0 aliphatic heterocycles. The second-order valence-corrected chi connectivity index (χ2v) is 6.52. The smallest absolute Gasteiger partial charge is 0.306 e. The van der Waals surface area contributed by atoms with E-state index in [4.69, 9.17) is 4.74 Å². The van der Waals surface area contributed by atoms with Crippen LogP contribution in [0.5, 0.6) is 5.75 Å². The molecule has 1 amide bonds. The molecule has 1 aliphatic carbocycles. The molecule has 0 radical (unpaired) electrons. The highest BCUT2D eigenvalue weighted by Crippen LogP contribution is 2.31. The van der Waals surface area contributed by atoms with Gasteiger partial charge in [-0.2, -0.15) is 0 Å². The third kappa shape index (κ3) is 4.71. The fourth-order valence-electron chi connectivity index (χ4n) is 2.97. The first-order valence-corrected chi connectivity index (χ1v) is 8.10. The van der Waals surface area contributed by atoms with Gasteiger partial charge in [0.25, 0.3) is 0 Å². The molecule has 1 saturated carbocycles. The van der Waals surface area contributed by atoms with Crippen molar-refractivity contribution < 1.29 is 19.4 Å². The molecule has 1 fully saturated rings. The number of benzene rings is 1. The number of rotatable bonds is 8. The first-order valence-electron chi connectivity index (χ1n) is 8.10. The molecule has 1 aliphatic rings. The highest BCUT2D eigenvalue weighted by atomic mass is 16.5. The normalized spacial score (nSPS) is 17.0. The van der Waals surface area contributed by atoms with Gasteiger partial charge in [0, 0.05) is 6.42 Å². The van der Waals surface area contributed by atoms with Crippen molar-refractivity contribution in [2.75, 3.05) is 7.11 Å². The average molecular weight is 319 g/mol. The molecule has 0 spiro atoms. The van der Waals surface area contributed by atoms with Gasteiger partial charge in [-0.15, -0.1) is 0 Å². The zero-order chi connectivity index (χ0) is 16.9. The number of methoxy groups -OCH3 is 1. The lowest BCUT2D eigenvalue weighted by Crippen LogP contribution is -2.45. The highest BCUT2D eigenvalue weighted by molar-refractivity contribution is 5.78. The summed E-state index contributed by atoms with van der Waals surface area (Å²) < 4.78 is 5.20. The zero-order valence-corrected chi connectivity index (χ0v) is 13.8. The summed E-state index contributed by atoms with van der Waals surface area (Å²) in [6.07, 6.45) is 4.82. The molecular weight excluding hydrogens is 294 g/mol. The molecule has 126 valence electrons. The van der Waals surface area contributed by atoms with Gasteiger partial charge in [-0.3, -0.25) is 9.59 Å². The number of hydrogen-bond acceptors (Lipinski definition) is 3. The van der Waals surface area contributed by atoms with Crippen molar-refractivity contribution in [1.29, 1.82) is 0 Å². The molecule has 0 heterocycles. The number of carboxylic acids is 1. The van der Waals surface area contributed by atoms with E-state index in [1.54, 1.807) is 32.2 Å². The number of carbonyl (C=O) groups excluding carboxylic acids is 1. The molecule has 0 saturated heterocycles. The molecule has 23 heavy (non-hydrogen) atoms. The molecule has 5 heteroatoms. The van der Waals surface area contributed by atoms with Crippen LogP contribution in [0.3, 0.4) is 0 Å². The van der Waals surface area contributed by atoms with Crippen molar-refractivity contribution in [1.82, 2.24) is 5.32 Å². The Morgan fingerprint density at radius 2 is 2.13 bits per heavy atom. The van der Waals surface area contributed by atoms with Crippen molar-refractivity contribution in [2.24, 2.45) is 5.92 Å². The van der Waals surface area contributed by atoms with E-state index in [2.05, 4.69) is 5.32 Å². The third-order valence-corrected chi connectivity index (χ3v) is 4.63. The van der Waals surface area contributed by atoms with Crippen LogP contribution in [0.1, 0.15) is 51.0 Å². The number of ether oxygens (including phenoxy) is 1. The van der Waals surface area contributed by atoms with Crippen LogP contribution in [0, 0.1) is 5.92 Å². The Morgan fingerprint density at radius 3 is 2.70 bits per heavy atom. The Hall–Kier alpha value is -2.04. The molecule has 5 nitrogen and oxygen atoms in total. The van der Waals surface area contributed by atoms with Crippen LogP contribution in [0.25, 0.3) is 0 Å². The number of amides is 1. The van der Waals surface area contributed by atoms with Crippen LogP contribution >= 0.6 is 0 Å². The number of hydrogen-bond donors (Lipinski definition) is 2. The van der Waals surface area contributed by atoms with Gasteiger partial charge in [-0.25, -0.2) is 0 Å². The Morgan fingerprint density at radius 1 is 1.39 bits per heavy atom. The molecule has 1 aromatic carbocycles. The van der Waals surface area contributed by atoms with Gasteiger partial charge in [0.05, 0.1) is 19.1 Å². The summed E-state index contributed by atoms with van der Waals surface area (Å²) in [5.74, 6) is 0.254. The van der Waals surface area contributed by atoms with Crippen LogP contribution in [0.2, 0.25) is 0 Å². The van der Waals surface area contributed by atoms with E-state index in [1.165, 1.54) is 19.3 Å². The predicted molar refractivity (Wildman–Crippen MR) is 87.3 cm³/mol. The maximum absolute atomic E-state index is 12.3. The first-order chi connectivity index (χ1) is 10.9. The SMILES string of the molecule is COc1cccc(C(C)(CC(=O)O)NC(=O)CCC2CCC2)c1. The third-order valence-electron chi connectivity index (χ3n) is 4.63. The lowest BCUT2D eigenvalue weighted by molar-refractivity contribution is -0.139. The summed E-state index contributed by atoms with van der Waals surface area (Å²) in [4.78, 5) is 23.5. The molecule has 0 bridgehead atoms. The van der Waals surface area contributed by atoms with E-state index in [0.717, 1.165) is 12.0 Å². The Bertz CT molecular complexity index is 568. The number of carbonyl (C=O) groups is 2. The molecule has 1 unspecified atom stereocenters. The van der Waals surface area contributed by atoms with Gasteiger partial charge in [-0.05, 0) is 37.0 Å². The second-order valence-electron chi connectivity index (χ2n) is 6.52. The van der Waals surface area contributed by atoms with Crippen LogP contribution in [0.4, 0.5) is 0 Å². The summed E-state index contributed by atoms with van der Waals surface area (Å²) in [7, 11) is 1.56. The van der Waals surface area contributed by atoms with Gasteiger partial charge < -0.3 is 15.2 Å². The molecule has 1 atom stereocenters. The maximum Gasteiger partial charge on any atom is 0.306 e. The molecule has 2 rings (SSSR count). The Balaban J connectivity index is 2.09. The second kappa shape index (κ2) is 7.49. The fourth-order valence-corrected chi connectivity index (χ4v) is 2.97. The minimum Gasteiger partial charge on any atom is -0.497 e. The molecular formula is C18H25NO4. The average Bonchev–Trinajstić information content (AvgIpc) is 2.44. The standard InChI is InChI=1S/C18H25NO4/c1-18(12-17(21)22,14-7-4-8-15(11-14)23-2)19-16(20)10-9-13-5-3-6-13/h4,7-8,11,13H,3,5-6,9-10,12H2,1-2H3,(H,19,20)(H,21,22). The number of nitrogens with one attached hydrogen (secondary N) is 1. The fraction of sp³-hybridized carbons (Fsp3) is 0.556. The molecule has 0 aromatic heterocycles. The summed E-state index contributed by atoms with van der Waals surface area (Å²) in [6.45, 7) is 1.75. The largest absolute Gasteiger partial charge is 0.497 e. The van der Waals surface area contributed by atoms with E-state index in [1.807, 2.05) is 6.07 Å². The Kier molecular flexibility index (Phi) is 5.64. The molecule has 2 N–H and O–H groups in total. The van der Waals surface area contributed by atoms with Gasteiger partial charge in [0.2, 0.25) is 5.91 Å². The van der Waals surface area contributed by atoms with Crippen molar-refractivity contribution in [3.8, 4) is 5.75 Å². The van der Waals surface area contributed by atoms with Crippen LogP contribution in [-0.4, -0.2) is 24.1 Å². The monoisotopic (exact) mass is 319 g/mol. The van der Waals surface area contributed by atoms with Gasteiger partial charge >= 0.3 is 5.97 Å². The first kappa shape index (κ1) is 17.3. The number of carboxylic acid groups (broad SMARTS) is 1. The van der Waals surface area contributed by atoms with E-state index in [-0.39, 0.29) is 12.3 Å². The van der Waals surface area contributed by atoms with E-state index in [9.17, 15) is 14.7 Å². The maximum atomic E-state index is 12.3.